The van der Waals surface area contributed by atoms with Gasteiger partial charge in [-0.25, -0.2) is 0 Å². The Kier molecular flexibility index (Phi) is 4.70. The van der Waals surface area contributed by atoms with Gasteiger partial charge in [0.2, 0.25) is 0 Å². The summed E-state index contributed by atoms with van der Waals surface area (Å²) in [4.78, 5) is 8.02. The van der Waals surface area contributed by atoms with Crippen molar-refractivity contribution in [1.29, 1.82) is 0 Å². The Bertz CT molecular complexity index is 213. The molecular weight excluding hydrogens is 138 g/mol. The normalized spacial score (nSPS) is 8.00. The van der Waals surface area contributed by atoms with Gasteiger partial charge in [-0.3, -0.25) is 9.97 Å². The van der Waals surface area contributed by atoms with E-state index >= 15 is 0 Å². The van der Waals surface area contributed by atoms with Crippen molar-refractivity contribution >= 4 is 0 Å². The lowest BCUT2D eigenvalue weighted by Crippen LogP contribution is -1.99. The van der Waals surface area contributed by atoms with E-state index in [1.165, 1.54) is 0 Å². The summed E-state index contributed by atoms with van der Waals surface area (Å²) in [6.45, 7) is 2.36. The highest BCUT2D eigenvalue weighted by atomic mass is 14.8. The first-order valence-corrected chi connectivity index (χ1v) is 3.14. The number of nitrogens with two attached hydrogens (primary N) is 1. The minimum absolute atomic E-state index is 0.466. The summed E-state index contributed by atoms with van der Waals surface area (Å²) in [5.74, 6) is 0. The van der Waals surface area contributed by atoms with Gasteiger partial charge in [-0.15, -0.1) is 12.8 Å². The van der Waals surface area contributed by atoms with Crippen LogP contribution >= 0.6 is 0 Å². The zero-order valence-corrected chi connectivity index (χ0v) is 6.49. The molecular formula is C8H11N3. The van der Waals surface area contributed by atoms with Crippen molar-refractivity contribution in [2.75, 3.05) is 0 Å². The molecule has 3 heteroatoms. The maximum atomic E-state index is 5.30. The molecule has 1 rings (SSSR count). The smallest absolute Gasteiger partial charge is 0.0722 e. The molecule has 1 aromatic heterocycles. The molecule has 0 atom stereocenters. The van der Waals surface area contributed by atoms with Crippen LogP contribution in [-0.2, 0) is 6.54 Å². The van der Waals surface area contributed by atoms with E-state index < -0.39 is 0 Å². The van der Waals surface area contributed by atoms with E-state index in [1.54, 1.807) is 12.4 Å². The van der Waals surface area contributed by atoms with E-state index in [1.807, 2.05) is 6.92 Å². The first-order valence-electron chi connectivity index (χ1n) is 3.14. The molecule has 0 bridgehead atoms. The van der Waals surface area contributed by atoms with E-state index in [9.17, 15) is 0 Å². The number of nitrogens with zero attached hydrogens (tertiary/aromatic N) is 2. The molecule has 0 radical (unpaired) electrons. The number of hydrogen-bond donors (Lipinski definition) is 1. The van der Waals surface area contributed by atoms with E-state index in [2.05, 4.69) is 22.8 Å². The summed E-state index contributed by atoms with van der Waals surface area (Å²) >= 11 is 0. The molecule has 0 saturated heterocycles. The number of rotatable bonds is 1. The highest BCUT2D eigenvalue weighted by Crippen LogP contribution is 1.90. The van der Waals surface area contributed by atoms with E-state index in [-0.39, 0.29) is 0 Å². The van der Waals surface area contributed by atoms with Crippen molar-refractivity contribution in [2.45, 2.75) is 13.5 Å². The van der Waals surface area contributed by atoms with Crippen LogP contribution in [0.25, 0.3) is 0 Å². The van der Waals surface area contributed by atoms with Crippen molar-refractivity contribution < 1.29 is 0 Å². The van der Waals surface area contributed by atoms with Gasteiger partial charge in [0.05, 0.1) is 11.4 Å². The van der Waals surface area contributed by atoms with Crippen LogP contribution in [0, 0.1) is 19.8 Å². The lowest BCUT2D eigenvalue weighted by molar-refractivity contribution is 0.947. The zero-order chi connectivity index (χ0) is 8.69. The molecule has 0 fully saturated rings. The van der Waals surface area contributed by atoms with Gasteiger partial charge in [0.25, 0.3) is 0 Å². The minimum atomic E-state index is 0.466. The molecule has 1 heterocycles. The van der Waals surface area contributed by atoms with Gasteiger partial charge < -0.3 is 5.73 Å². The number of terminal acetylenes is 1. The zero-order valence-electron chi connectivity index (χ0n) is 6.49. The molecule has 0 spiro atoms. The van der Waals surface area contributed by atoms with Crippen LogP contribution in [0.15, 0.2) is 12.4 Å². The molecule has 1 aromatic rings. The van der Waals surface area contributed by atoms with E-state index in [0.717, 1.165) is 11.4 Å². The minimum Gasteiger partial charge on any atom is -0.325 e. The molecule has 2 N–H and O–H groups in total. The lowest BCUT2D eigenvalue weighted by Gasteiger charge is -1.92. The highest BCUT2D eigenvalue weighted by molar-refractivity contribution is 4.99. The summed E-state index contributed by atoms with van der Waals surface area (Å²) < 4.78 is 0. The Morgan fingerprint density at radius 3 is 2.36 bits per heavy atom. The molecule has 0 aliphatic rings. The fourth-order valence-corrected chi connectivity index (χ4v) is 0.525. The van der Waals surface area contributed by atoms with Gasteiger partial charge >= 0.3 is 0 Å². The highest BCUT2D eigenvalue weighted by Gasteiger charge is 1.87. The third kappa shape index (κ3) is 3.33. The molecule has 0 amide bonds. The van der Waals surface area contributed by atoms with Gasteiger partial charge in [-0.2, -0.15) is 0 Å². The molecule has 0 saturated carbocycles. The predicted molar refractivity (Wildman–Crippen MR) is 44.6 cm³/mol. The Hall–Kier alpha value is -1.40. The average molecular weight is 149 g/mol. The van der Waals surface area contributed by atoms with Crippen molar-refractivity contribution in [3.8, 4) is 12.8 Å². The van der Waals surface area contributed by atoms with Crippen LogP contribution in [0.1, 0.15) is 11.4 Å². The van der Waals surface area contributed by atoms with Crippen molar-refractivity contribution in [3.63, 3.8) is 0 Å². The monoisotopic (exact) mass is 149 g/mol. The SMILES string of the molecule is C#C.Cc1cnc(CN)cn1. The van der Waals surface area contributed by atoms with Crippen molar-refractivity contribution in [3.05, 3.63) is 23.8 Å². The van der Waals surface area contributed by atoms with Gasteiger partial charge in [0, 0.05) is 18.9 Å². The van der Waals surface area contributed by atoms with E-state index in [0.29, 0.717) is 6.54 Å². The Morgan fingerprint density at radius 1 is 1.36 bits per heavy atom. The maximum Gasteiger partial charge on any atom is 0.0722 e. The van der Waals surface area contributed by atoms with Crippen LogP contribution in [0.2, 0.25) is 0 Å². The lowest BCUT2D eigenvalue weighted by atomic mass is 10.4. The molecule has 11 heavy (non-hydrogen) atoms. The number of hydrogen-bond acceptors (Lipinski definition) is 3. The summed E-state index contributed by atoms with van der Waals surface area (Å²) in [7, 11) is 0. The van der Waals surface area contributed by atoms with Crippen LogP contribution < -0.4 is 5.73 Å². The summed E-state index contributed by atoms with van der Waals surface area (Å²) in [6, 6.07) is 0. The van der Waals surface area contributed by atoms with Crippen LogP contribution in [0.5, 0.6) is 0 Å². The van der Waals surface area contributed by atoms with Crippen molar-refractivity contribution in [1.82, 2.24) is 9.97 Å². The standard InChI is InChI=1S/C6H9N3.C2H2/c1-5-3-9-6(2-7)4-8-5;1-2/h3-4H,2,7H2,1H3;1-2H. The van der Waals surface area contributed by atoms with E-state index in [4.69, 9.17) is 5.73 Å². The number of aromatic nitrogens is 2. The molecule has 3 nitrogen and oxygen atoms in total. The van der Waals surface area contributed by atoms with Crippen LogP contribution in [0.3, 0.4) is 0 Å². The molecule has 0 unspecified atom stereocenters. The second kappa shape index (κ2) is 5.39. The second-order valence-electron chi connectivity index (χ2n) is 1.85. The quantitative estimate of drug-likeness (QED) is 0.591. The Balaban J connectivity index is 0.000000461. The summed E-state index contributed by atoms with van der Waals surface area (Å²) in [5, 5.41) is 0. The Labute approximate surface area is 66.7 Å². The summed E-state index contributed by atoms with van der Waals surface area (Å²) in [6.07, 6.45) is 11.4. The largest absolute Gasteiger partial charge is 0.325 e. The van der Waals surface area contributed by atoms with Crippen molar-refractivity contribution in [2.24, 2.45) is 5.73 Å². The third-order valence-electron chi connectivity index (χ3n) is 1.04. The topological polar surface area (TPSA) is 51.8 Å². The van der Waals surface area contributed by atoms with Gasteiger partial charge in [-0.05, 0) is 6.92 Å². The predicted octanol–water partition coefficient (Wildman–Crippen LogP) is 0.493. The number of aryl methyl sites for hydroxylation is 1. The van der Waals surface area contributed by atoms with Crippen LogP contribution in [0.4, 0.5) is 0 Å². The first kappa shape index (κ1) is 9.60. The fraction of sp³-hybridized carbons (Fsp3) is 0.250. The van der Waals surface area contributed by atoms with Gasteiger partial charge in [0.1, 0.15) is 0 Å². The molecule has 58 valence electrons. The average Bonchev–Trinajstić information content (AvgIpc) is 2.10. The van der Waals surface area contributed by atoms with Gasteiger partial charge in [0.15, 0.2) is 0 Å². The molecule has 0 aliphatic carbocycles. The van der Waals surface area contributed by atoms with Crippen LogP contribution in [-0.4, -0.2) is 9.97 Å². The third-order valence-corrected chi connectivity index (χ3v) is 1.04. The fourth-order valence-electron chi connectivity index (χ4n) is 0.525. The molecule has 0 aliphatic heterocycles. The second-order valence-corrected chi connectivity index (χ2v) is 1.85. The maximum absolute atomic E-state index is 5.30. The van der Waals surface area contributed by atoms with Gasteiger partial charge in [-0.1, -0.05) is 0 Å². The first-order chi connectivity index (χ1) is 5.33. The molecule has 0 aromatic carbocycles. The Morgan fingerprint density at radius 2 is 2.00 bits per heavy atom. The summed E-state index contributed by atoms with van der Waals surface area (Å²) in [5.41, 5.74) is 7.05.